The Balaban J connectivity index is 1.98. The van der Waals surface area contributed by atoms with Crippen molar-refractivity contribution in [2.45, 2.75) is 12.6 Å². The fourth-order valence-electron chi connectivity index (χ4n) is 1.79. The van der Waals surface area contributed by atoms with Crippen molar-refractivity contribution in [2.24, 2.45) is 0 Å². The van der Waals surface area contributed by atoms with E-state index in [0.717, 1.165) is 5.01 Å². The van der Waals surface area contributed by atoms with Crippen LogP contribution in [0, 0.1) is 0 Å². The molecule has 0 aliphatic heterocycles. The maximum atomic E-state index is 10.2. The van der Waals surface area contributed by atoms with Crippen molar-refractivity contribution in [3.63, 3.8) is 0 Å². The molecule has 2 rings (SSSR count). The van der Waals surface area contributed by atoms with Gasteiger partial charge in [0.1, 0.15) is 5.01 Å². The van der Waals surface area contributed by atoms with Crippen LogP contribution in [0.1, 0.15) is 16.7 Å². The van der Waals surface area contributed by atoms with E-state index in [1.165, 1.54) is 0 Å². The van der Waals surface area contributed by atoms with Crippen molar-refractivity contribution in [3.05, 3.63) is 50.4 Å². The lowest BCUT2D eigenvalue weighted by atomic mass is 10.1. The lowest BCUT2D eigenvalue weighted by molar-refractivity contribution is 0.124. The van der Waals surface area contributed by atoms with Crippen molar-refractivity contribution in [2.75, 3.05) is 13.6 Å². The van der Waals surface area contributed by atoms with Gasteiger partial charge in [0, 0.05) is 33.7 Å². The van der Waals surface area contributed by atoms with Gasteiger partial charge in [-0.15, -0.1) is 11.3 Å². The number of likely N-dealkylation sites (N-methyl/N-ethyl adjacent to an activating group) is 1. The molecule has 0 spiro atoms. The van der Waals surface area contributed by atoms with Crippen LogP contribution < -0.4 is 0 Å². The van der Waals surface area contributed by atoms with Crippen LogP contribution in [-0.4, -0.2) is 28.6 Å². The van der Waals surface area contributed by atoms with Crippen LogP contribution in [0.15, 0.2) is 29.8 Å². The zero-order valence-electron chi connectivity index (χ0n) is 10.4. The predicted molar refractivity (Wildman–Crippen MR) is 79.9 cm³/mol. The Kier molecular flexibility index (Phi) is 5.19. The number of hydrogen-bond donors (Lipinski definition) is 1. The van der Waals surface area contributed by atoms with Crippen LogP contribution >= 0.6 is 34.5 Å². The van der Waals surface area contributed by atoms with Gasteiger partial charge in [0.05, 0.1) is 12.6 Å². The van der Waals surface area contributed by atoms with E-state index >= 15 is 0 Å². The van der Waals surface area contributed by atoms with Gasteiger partial charge in [0.25, 0.3) is 0 Å². The molecule has 2 aromatic rings. The molecule has 0 saturated heterocycles. The molecule has 1 heterocycles. The van der Waals surface area contributed by atoms with Crippen molar-refractivity contribution in [1.82, 2.24) is 9.88 Å². The first-order valence-electron chi connectivity index (χ1n) is 5.76. The normalized spacial score (nSPS) is 12.9. The van der Waals surface area contributed by atoms with Gasteiger partial charge in [-0.2, -0.15) is 0 Å². The highest BCUT2D eigenvalue weighted by molar-refractivity contribution is 7.09. The fourth-order valence-corrected chi connectivity index (χ4v) is 3.02. The molecule has 0 bridgehead atoms. The SMILES string of the molecule is CN(Cc1nccs1)CC(O)c1ccc(Cl)cc1Cl. The molecule has 1 atom stereocenters. The Hall–Kier alpha value is -0.650. The molecule has 102 valence electrons. The molecular formula is C13H14Cl2N2OS. The van der Waals surface area contributed by atoms with Gasteiger partial charge < -0.3 is 5.11 Å². The summed E-state index contributed by atoms with van der Waals surface area (Å²) in [6, 6.07) is 5.13. The highest BCUT2D eigenvalue weighted by Gasteiger charge is 2.15. The molecule has 1 N–H and O–H groups in total. The molecule has 3 nitrogen and oxygen atoms in total. The third-order valence-electron chi connectivity index (χ3n) is 2.69. The van der Waals surface area contributed by atoms with Crippen LogP contribution in [-0.2, 0) is 6.54 Å². The molecular weight excluding hydrogens is 303 g/mol. The van der Waals surface area contributed by atoms with Crippen molar-refractivity contribution < 1.29 is 5.11 Å². The molecule has 1 aromatic heterocycles. The van der Waals surface area contributed by atoms with Crippen LogP contribution in [0.25, 0.3) is 0 Å². The minimum atomic E-state index is -0.644. The van der Waals surface area contributed by atoms with E-state index in [0.29, 0.717) is 28.7 Å². The second kappa shape index (κ2) is 6.68. The lowest BCUT2D eigenvalue weighted by Gasteiger charge is -2.20. The van der Waals surface area contributed by atoms with Crippen molar-refractivity contribution in [3.8, 4) is 0 Å². The van der Waals surface area contributed by atoms with Gasteiger partial charge in [-0.3, -0.25) is 4.90 Å². The summed E-state index contributed by atoms with van der Waals surface area (Å²) in [6.07, 6.45) is 1.13. The zero-order chi connectivity index (χ0) is 13.8. The summed E-state index contributed by atoms with van der Waals surface area (Å²) < 4.78 is 0. The minimum Gasteiger partial charge on any atom is -0.387 e. The van der Waals surface area contributed by atoms with E-state index in [4.69, 9.17) is 23.2 Å². The second-order valence-corrected chi connectivity index (χ2v) is 6.13. The zero-order valence-corrected chi connectivity index (χ0v) is 12.7. The monoisotopic (exact) mass is 316 g/mol. The van der Waals surface area contributed by atoms with E-state index in [9.17, 15) is 5.11 Å². The summed E-state index contributed by atoms with van der Waals surface area (Å²) >= 11 is 13.5. The van der Waals surface area contributed by atoms with E-state index in [1.807, 2.05) is 17.3 Å². The first-order chi connectivity index (χ1) is 9.06. The van der Waals surface area contributed by atoms with E-state index < -0.39 is 6.10 Å². The number of hydrogen-bond acceptors (Lipinski definition) is 4. The number of aliphatic hydroxyl groups excluding tert-OH is 1. The molecule has 6 heteroatoms. The van der Waals surface area contributed by atoms with Crippen molar-refractivity contribution >= 4 is 34.5 Å². The number of nitrogens with zero attached hydrogens (tertiary/aromatic N) is 2. The number of thiazole rings is 1. The summed E-state index contributed by atoms with van der Waals surface area (Å²) in [6.45, 7) is 1.20. The highest BCUT2D eigenvalue weighted by Crippen LogP contribution is 2.26. The third kappa shape index (κ3) is 4.16. The first-order valence-corrected chi connectivity index (χ1v) is 7.39. The fraction of sp³-hybridized carbons (Fsp3) is 0.308. The molecule has 0 aliphatic rings. The van der Waals surface area contributed by atoms with Crippen LogP contribution in [0.5, 0.6) is 0 Å². The Morgan fingerprint density at radius 1 is 1.42 bits per heavy atom. The van der Waals surface area contributed by atoms with Crippen molar-refractivity contribution in [1.29, 1.82) is 0 Å². The Bertz CT molecular complexity index is 533. The number of aliphatic hydroxyl groups is 1. The summed E-state index contributed by atoms with van der Waals surface area (Å²) in [7, 11) is 1.94. The van der Waals surface area contributed by atoms with Gasteiger partial charge in [-0.1, -0.05) is 29.3 Å². The summed E-state index contributed by atoms with van der Waals surface area (Å²) in [5.41, 5.74) is 0.692. The number of benzene rings is 1. The summed E-state index contributed by atoms with van der Waals surface area (Å²) in [5.74, 6) is 0. The average molecular weight is 317 g/mol. The van der Waals surface area contributed by atoms with Crippen LogP contribution in [0.4, 0.5) is 0 Å². The minimum absolute atomic E-state index is 0.487. The topological polar surface area (TPSA) is 36.4 Å². The van der Waals surface area contributed by atoms with E-state index in [2.05, 4.69) is 4.98 Å². The number of aromatic nitrogens is 1. The van der Waals surface area contributed by atoms with Crippen LogP contribution in [0.2, 0.25) is 10.0 Å². The number of rotatable bonds is 5. The Morgan fingerprint density at radius 2 is 2.21 bits per heavy atom. The standard InChI is InChI=1S/C13H14Cl2N2OS/c1-17(8-13-16-4-5-19-13)7-12(18)10-3-2-9(14)6-11(10)15/h2-6,12,18H,7-8H2,1H3. The average Bonchev–Trinajstić information content (AvgIpc) is 2.81. The molecule has 19 heavy (non-hydrogen) atoms. The second-order valence-electron chi connectivity index (χ2n) is 4.30. The van der Waals surface area contributed by atoms with Gasteiger partial charge in [-0.05, 0) is 19.2 Å². The molecule has 0 radical (unpaired) electrons. The van der Waals surface area contributed by atoms with Gasteiger partial charge >= 0.3 is 0 Å². The molecule has 1 unspecified atom stereocenters. The number of halogens is 2. The largest absolute Gasteiger partial charge is 0.387 e. The van der Waals surface area contributed by atoms with E-state index in [-0.39, 0.29) is 0 Å². The quantitative estimate of drug-likeness (QED) is 0.915. The molecule has 0 aliphatic carbocycles. The maximum Gasteiger partial charge on any atom is 0.107 e. The Labute approximate surface area is 126 Å². The first kappa shape index (κ1) is 14.8. The smallest absolute Gasteiger partial charge is 0.107 e. The van der Waals surface area contributed by atoms with Gasteiger partial charge in [0.15, 0.2) is 0 Å². The summed E-state index contributed by atoms with van der Waals surface area (Å²) in [5, 5.41) is 14.2. The highest BCUT2D eigenvalue weighted by atomic mass is 35.5. The van der Waals surface area contributed by atoms with E-state index in [1.54, 1.807) is 35.7 Å². The lowest BCUT2D eigenvalue weighted by Crippen LogP contribution is -2.24. The third-order valence-corrected chi connectivity index (χ3v) is 4.02. The maximum absolute atomic E-state index is 10.2. The van der Waals surface area contributed by atoms with Gasteiger partial charge in [-0.25, -0.2) is 4.98 Å². The van der Waals surface area contributed by atoms with Gasteiger partial charge in [0.2, 0.25) is 0 Å². The molecule has 0 fully saturated rings. The molecule has 1 aromatic carbocycles. The predicted octanol–water partition coefficient (Wildman–Crippen LogP) is 3.62. The molecule has 0 amide bonds. The van der Waals surface area contributed by atoms with Crippen LogP contribution in [0.3, 0.4) is 0 Å². The Morgan fingerprint density at radius 3 is 2.84 bits per heavy atom. The summed E-state index contributed by atoms with van der Waals surface area (Å²) in [4.78, 5) is 6.23. The molecule has 0 saturated carbocycles.